The topological polar surface area (TPSA) is 30.5 Å². The van der Waals surface area contributed by atoms with E-state index in [2.05, 4.69) is 12.2 Å². The molecule has 0 saturated carbocycles. The lowest BCUT2D eigenvalue weighted by Crippen LogP contribution is -2.13. The summed E-state index contributed by atoms with van der Waals surface area (Å²) in [6, 6.07) is 12.1. The van der Waals surface area contributed by atoms with E-state index in [4.69, 9.17) is 9.47 Å². The highest BCUT2D eigenvalue weighted by atomic mass is 19.1. The van der Waals surface area contributed by atoms with Crippen LogP contribution in [0.15, 0.2) is 42.5 Å². The SMILES string of the molecule is CCCNCc1ccc(Oc2ccc(OC)cc2)c(F)c1. The molecule has 4 heteroatoms. The monoisotopic (exact) mass is 289 g/mol. The Balaban J connectivity index is 2.02. The molecule has 2 aromatic carbocycles. The van der Waals surface area contributed by atoms with E-state index < -0.39 is 0 Å². The molecule has 0 aliphatic carbocycles. The largest absolute Gasteiger partial charge is 0.497 e. The molecule has 0 bridgehead atoms. The van der Waals surface area contributed by atoms with E-state index in [1.54, 1.807) is 37.4 Å². The van der Waals surface area contributed by atoms with Crippen LogP contribution in [0.25, 0.3) is 0 Å². The predicted molar refractivity (Wildman–Crippen MR) is 81.5 cm³/mol. The van der Waals surface area contributed by atoms with Crippen molar-refractivity contribution in [1.82, 2.24) is 5.32 Å². The van der Waals surface area contributed by atoms with Gasteiger partial charge in [0.25, 0.3) is 0 Å². The van der Waals surface area contributed by atoms with E-state index in [1.807, 2.05) is 6.07 Å². The van der Waals surface area contributed by atoms with Crippen molar-refractivity contribution in [2.75, 3.05) is 13.7 Å². The number of methoxy groups -OCH3 is 1. The lowest BCUT2D eigenvalue weighted by atomic mass is 10.2. The number of halogens is 1. The number of nitrogens with one attached hydrogen (secondary N) is 1. The van der Waals surface area contributed by atoms with Gasteiger partial charge in [-0.05, 0) is 54.9 Å². The third kappa shape index (κ3) is 4.46. The van der Waals surface area contributed by atoms with Crippen molar-refractivity contribution in [3.05, 3.63) is 53.8 Å². The summed E-state index contributed by atoms with van der Waals surface area (Å²) < 4.78 is 24.6. The van der Waals surface area contributed by atoms with Gasteiger partial charge in [0.1, 0.15) is 11.5 Å². The van der Waals surface area contributed by atoms with Gasteiger partial charge in [-0.25, -0.2) is 4.39 Å². The third-order valence-electron chi connectivity index (χ3n) is 3.04. The summed E-state index contributed by atoms with van der Waals surface area (Å²) in [6.45, 7) is 3.68. The summed E-state index contributed by atoms with van der Waals surface area (Å²) in [7, 11) is 1.60. The lowest BCUT2D eigenvalue weighted by Gasteiger charge is -2.09. The molecular formula is C17H20FNO2. The lowest BCUT2D eigenvalue weighted by molar-refractivity contribution is 0.411. The van der Waals surface area contributed by atoms with Crippen molar-refractivity contribution in [1.29, 1.82) is 0 Å². The molecule has 0 atom stereocenters. The Labute approximate surface area is 124 Å². The minimum Gasteiger partial charge on any atom is -0.497 e. The molecule has 21 heavy (non-hydrogen) atoms. The number of rotatable bonds is 7. The summed E-state index contributed by atoms with van der Waals surface area (Å²) in [6.07, 6.45) is 1.06. The van der Waals surface area contributed by atoms with Crippen molar-refractivity contribution in [3.8, 4) is 17.2 Å². The molecule has 3 nitrogen and oxygen atoms in total. The van der Waals surface area contributed by atoms with E-state index in [0.29, 0.717) is 12.3 Å². The number of hydrogen-bond acceptors (Lipinski definition) is 3. The normalized spacial score (nSPS) is 10.4. The Morgan fingerprint density at radius 3 is 2.38 bits per heavy atom. The third-order valence-corrected chi connectivity index (χ3v) is 3.04. The maximum absolute atomic E-state index is 14.0. The summed E-state index contributed by atoms with van der Waals surface area (Å²) in [5, 5.41) is 3.24. The molecule has 0 aliphatic heterocycles. The Bertz CT molecular complexity index is 570. The van der Waals surface area contributed by atoms with E-state index in [0.717, 1.165) is 24.3 Å². The predicted octanol–water partition coefficient (Wildman–Crippen LogP) is 4.13. The summed E-state index contributed by atoms with van der Waals surface area (Å²) >= 11 is 0. The maximum Gasteiger partial charge on any atom is 0.166 e. The molecular weight excluding hydrogens is 269 g/mol. The molecule has 0 unspecified atom stereocenters. The van der Waals surface area contributed by atoms with Crippen LogP contribution in [0.2, 0.25) is 0 Å². The van der Waals surface area contributed by atoms with Crippen LogP contribution in [0, 0.1) is 5.82 Å². The van der Waals surface area contributed by atoms with Gasteiger partial charge in [-0.15, -0.1) is 0 Å². The zero-order valence-corrected chi connectivity index (χ0v) is 12.4. The van der Waals surface area contributed by atoms with E-state index in [-0.39, 0.29) is 11.6 Å². The van der Waals surface area contributed by atoms with Gasteiger partial charge in [0.15, 0.2) is 11.6 Å². The van der Waals surface area contributed by atoms with Gasteiger partial charge in [0.05, 0.1) is 7.11 Å². The fourth-order valence-electron chi connectivity index (χ4n) is 1.92. The summed E-state index contributed by atoms with van der Waals surface area (Å²) in [5.41, 5.74) is 0.906. The van der Waals surface area contributed by atoms with E-state index in [1.165, 1.54) is 6.07 Å². The summed E-state index contributed by atoms with van der Waals surface area (Å²) in [5.74, 6) is 1.17. The second-order valence-corrected chi connectivity index (χ2v) is 4.72. The van der Waals surface area contributed by atoms with Crippen molar-refractivity contribution in [2.45, 2.75) is 19.9 Å². The fraction of sp³-hybridized carbons (Fsp3) is 0.294. The molecule has 2 aromatic rings. The van der Waals surface area contributed by atoms with Crippen LogP contribution >= 0.6 is 0 Å². The molecule has 0 aliphatic rings. The quantitative estimate of drug-likeness (QED) is 0.778. The zero-order chi connectivity index (χ0) is 15.1. The second-order valence-electron chi connectivity index (χ2n) is 4.72. The highest BCUT2D eigenvalue weighted by Crippen LogP contribution is 2.26. The molecule has 2 rings (SSSR count). The number of ether oxygens (including phenoxy) is 2. The van der Waals surface area contributed by atoms with Crippen LogP contribution in [-0.2, 0) is 6.54 Å². The van der Waals surface area contributed by atoms with Gasteiger partial charge in [-0.1, -0.05) is 13.0 Å². The first kappa shape index (κ1) is 15.3. The van der Waals surface area contributed by atoms with E-state index in [9.17, 15) is 4.39 Å². The average molecular weight is 289 g/mol. The molecule has 0 aromatic heterocycles. The average Bonchev–Trinajstić information content (AvgIpc) is 2.51. The van der Waals surface area contributed by atoms with Crippen molar-refractivity contribution in [3.63, 3.8) is 0 Å². The van der Waals surface area contributed by atoms with Crippen LogP contribution in [-0.4, -0.2) is 13.7 Å². The zero-order valence-electron chi connectivity index (χ0n) is 12.4. The van der Waals surface area contributed by atoms with Crippen molar-refractivity contribution in [2.24, 2.45) is 0 Å². The second kappa shape index (κ2) is 7.64. The maximum atomic E-state index is 14.0. The molecule has 112 valence electrons. The van der Waals surface area contributed by atoms with Crippen LogP contribution < -0.4 is 14.8 Å². The highest BCUT2D eigenvalue weighted by Gasteiger charge is 2.06. The van der Waals surface area contributed by atoms with Crippen LogP contribution in [0.4, 0.5) is 4.39 Å². The van der Waals surface area contributed by atoms with Crippen molar-refractivity contribution >= 4 is 0 Å². The number of hydrogen-bond donors (Lipinski definition) is 1. The van der Waals surface area contributed by atoms with Gasteiger partial charge in [-0.3, -0.25) is 0 Å². The minimum absolute atomic E-state index is 0.222. The van der Waals surface area contributed by atoms with Gasteiger partial charge in [0.2, 0.25) is 0 Å². The smallest absolute Gasteiger partial charge is 0.166 e. The molecule has 0 heterocycles. The fourth-order valence-corrected chi connectivity index (χ4v) is 1.92. The molecule has 0 radical (unpaired) electrons. The summed E-state index contributed by atoms with van der Waals surface area (Å²) in [4.78, 5) is 0. The Morgan fingerprint density at radius 1 is 1.05 bits per heavy atom. The first-order valence-electron chi connectivity index (χ1n) is 7.04. The molecule has 0 fully saturated rings. The van der Waals surface area contributed by atoms with Crippen LogP contribution in [0.5, 0.6) is 17.2 Å². The van der Waals surface area contributed by atoms with Gasteiger partial charge >= 0.3 is 0 Å². The molecule has 0 amide bonds. The van der Waals surface area contributed by atoms with Gasteiger partial charge in [0, 0.05) is 6.54 Å². The number of benzene rings is 2. The molecule has 1 N–H and O–H groups in total. The molecule has 0 spiro atoms. The first-order valence-corrected chi connectivity index (χ1v) is 7.04. The van der Waals surface area contributed by atoms with Crippen LogP contribution in [0.1, 0.15) is 18.9 Å². The van der Waals surface area contributed by atoms with E-state index >= 15 is 0 Å². The first-order chi connectivity index (χ1) is 10.2. The van der Waals surface area contributed by atoms with Crippen molar-refractivity contribution < 1.29 is 13.9 Å². The standard InChI is InChI=1S/C17H20FNO2/c1-3-10-19-12-13-4-9-17(16(18)11-13)21-15-7-5-14(20-2)6-8-15/h4-9,11,19H,3,10,12H2,1-2H3. The Kier molecular flexibility index (Phi) is 5.58. The molecule has 0 saturated heterocycles. The highest BCUT2D eigenvalue weighted by molar-refractivity contribution is 5.37. The van der Waals surface area contributed by atoms with Gasteiger partial charge in [-0.2, -0.15) is 0 Å². The van der Waals surface area contributed by atoms with Crippen LogP contribution in [0.3, 0.4) is 0 Å². The minimum atomic E-state index is -0.360. The Hall–Kier alpha value is -2.07. The Morgan fingerprint density at radius 2 is 1.76 bits per heavy atom. The van der Waals surface area contributed by atoms with Gasteiger partial charge < -0.3 is 14.8 Å².